The van der Waals surface area contributed by atoms with Crippen molar-refractivity contribution in [2.45, 2.75) is 101 Å². The minimum Gasteiger partial charge on any atom is -0.373 e. The molecule has 0 radical (unpaired) electrons. The fourth-order valence-corrected chi connectivity index (χ4v) is 4.82. The van der Waals surface area contributed by atoms with Crippen molar-refractivity contribution in [3.05, 3.63) is 0 Å². The standard InChI is InChI=1S/C22H40O10/c1-11-27-13-15-17(31-21(5,25-9)19(3,23-7)29-15)14(28-12-2)18-16(13)30-20(4,24-8)22(6,26-10)32-18/h13-18H,11-12H2,1-10H3/t13?,14?,15-,16+,17-,18+,19?,20?,21?,22?. The molecule has 3 aliphatic rings. The van der Waals surface area contributed by atoms with Gasteiger partial charge in [-0.25, -0.2) is 0 Å². The van der Waals surface area contributed by atoms with E-state index in [4.69, 9.17) is 47.4 Å². The van der Waals surface area contributed by atoms with Gasteiger partial charge in [-0.15, -0.1) is 0 Å². The summed E-state index contributed by atoms with van der Waals surface area (Å²) in [5.74, 6) is -4.82. The molecule has 2 aliphatic heterocycles. The molecule has 2 saturated heterocycles. The molecule has 0 spiro atoms. The molecular weight excluding hydrogens is 424 g/mol. The van der Waals surface area contributed by atoms with Gasteiger partial charge in [-0.1, -0.05) is 0 Å². The molecule has 10 heteroatoms. The Balaban J connectivity index is 2.09. The minimum absolute atomic E-state index is 0.430. The molecule has 0 N–H and O–H groups in total. The smallest absolute Gasteiger partial charge is 0.220 e. The van der Waals surface area contributed by atoms with Crippen LogP contribution in [0.15, 0.2) is 0 Å². The SMILES string of the molecule is CCOC1[C@H]2OC(C)(OC)C(C)(OC)O[C@@H]2C(OCC)[C@@H]2OC(C)(OC)C(C)(OC)O[C@@H]12. The molecule has 10 atom stereocenters. The van der Waals surface area contributed by atoms with Crippen LogP contribution in [0, 0.1) is 0 Å². The summed E-state index contributed by atoms with van der Waals surface area (Å²) < 4.78 is 61.3. The van der Waals surface area contributed by atoms with Crippen LogP contribution >= 0.6 is 0 Å². The molecule has 3 fully saturated rings. The van der Waals surface area contributed by atoms with Gasteiger partial charge in [0.05, 0.1) is 0 Å². The van der Waals surface area contributed by atoms with Gasteiger partial charge in [0.25, 0.3) is 0 Å². The van der Waals surface area contributed by atoms with Crippen LogP contribution in [0.2, 0.25) is 0 Å². The van der Waals surface area contributed by atoms with Gasteiger partial charge in [-0.05, 0) is 41.5 Å². The Hall–Kier alpha value is -0.400. The van der Waals surface area contributed by atoms with Crippen LogP contribution in [-0.4, -0.2) is 101 Å². The minimum atomic E-state index is -1.21. The summed E-state index contributed by atoms with van der Waals surface area (Å²) in [5, 5.41) is 0. The summed E-state index contributed by atoms with van der Waals surface area (Å²) in [6.07, 6.45) is -3.46. The van der Waals surface area contributed by atoms with Crippen molar-refractivity contribution in [2.24, 2.45) is 0 Å². The first kappa shape index (κ1) is 26.2. The van der Waals surface area contributed by atoms with Crippen LogP contribution < -0.4 is 0 Å². The second-order valence-electron chi connectivity index (χ2n) is 8.77. The summed E-state index contributed by atoms with van der Waals surface area (Å²) >= 11 is 0. The number of methoxy groups -OCH3 is 4. The summed E-state index contributed by atoms with van der Waals surface area (Å²) in [7, 11) is 6.20. The van der Waals surface area contributed by atoms with Gasteiger partial charge in [-0.3, -0.25) is 0 Å². The van der Waals surface area contributed by atoms with Crippen LogP contribution in [0.3, 0.4) is 0 Å². The fraction of sp³-hybridized carbons (Fsp3) is 1.00. The van der Waals surface area contributed by atoms with Crippen molar-refractivity contribution in [3.63, 3.8) is 0 Å². The van der Waals surface area contributed by atoms with Crippen molar-refractivity contribution >= 4 is 0 Å². The second kappa shape index (κ2) is 9.33. The summed E-state index contributed by atoms with van der Waals surface area (Å²) in [4.78, 5) is 0. The monoisotopic (exact) mass is 464 g/mol. The largest absolute Gasteiger partial charge is 0.373 e. The van der Waals surface area contributed by atoms with Gasteiger partial charge >= 0.3 is 0 Å². The Morgan fingerprint density at radius 3 is 0.875 bits per heavy atom. The molecule has 6 unspecified atom stereocenters. The van der Waals surface area contributed by atoms with E-state index in [0.29, 0.717) is 13.2 Å². The predicted octanol–water partition coefficient (Wildman–Crippen LogP) is 1.83. The Morgan fingerprint density at radius 1 is 0.500 bits per heavy atom. The normalized spacial score (nSPS) is 51.2. The van der Waals surface area contributed by atoms with Crippen LogP contribution in [0.5, 0.6) is 0 Å². The molecule has 3 rings (SSSR count). The van der Waals surface area contributed by atoms with Gasteiger partial charge in [0.1, 0.15) is 36.6 Å². The summed E-state index contributed by atoms with van der Waals surface area (Å²) in [6.45, 7) is 11.8. The van der Waals surface area contributed by atoms with E-state index in [1.165, 1.54) is 0 Å². The Morgan fingerprint density at radius 2 is 0.719 bits per heavy atom. The lowest BCUT2D eigenvalue weighted by molar-refractivity contribution is -0.506. The predicted molar refractivity (Wildman–Crippen MR) is 112 cm³/mol. The number of rotatable bonds is 8. The van der Waals surface area contributed by atoms with Gasteiger partial charge in [0, 0.05) is 41.7 Å². The van der Waals surface area contributed by atoms with E-state index in [1.807, 2.05) is 13.8 Å². The van der Waals surface area contributed by atoms with E-state index >= 15 is 0 Å². The Bertz CT molecular complexity index is 548. The van der Waals surface area contributed by atoms with E-state index < -0.39 is 59.8 Å². The molecule has 32 heavy (non-hydrogen) atoms. The summed E-state index contributed by atoms with van der Waals surface area (Å²) in [6, 6.07) is 0. The lowest BCUT2D eigenvalue weighted by Gasteiger charge is -2.62. The van der Waals surface area contributed by atoms with Gasteiger partial charge in [0.2, 0.25) is 23.1 Å². The lowest BCUT2D eigenvalue weighted by Crippen LogP contribution is -2.79. The number of fused-ring (bicyclic) bond motifs is 2. The number of hydrogen-bond acceptors (Lipinski definition) is 10. The maximum atomic E-state index is 6.52. The van der Waals surface area contributed by atoms with Crippen molar-refractivity contribution in [1.82, 2.24) is 0 Å². The van der Waals surface area contributed by atoms with Gasteiger partial charge in [0.15, 0.2) is 0 Å². The fourth-order valence-electron chi connectivity index (χ4n) is 4.82. The maximum Gasteiger partial charge on any atom is 0.220 e. The topological polar surface area (TPSA) is 92.3 Å². The highest BCUT2D eigenvalue weighted by Gasteiger charge is 2.69. The third kappa shape index (κ3) is 3.82. The zero-order valence-electron chi connectivity index (χ0n) is 21.0. The average molecular weight is 465 g/mol. The quantitative estimate of drug-likeness (QED) is 0.530. The molecular formula is C22H40O10. The molecule has 10 nitrogen and oxygen atoms in total. The first-order valence-corrected chi connectivity index (χ1v) is 11.2. The van der Waals surface area contributed by atoms with Crippen molar-refractivity contribution < 1.29 is 47.4 Å². The molecule has 0 amide bonds. The number of hydrogen-bond donors (Lipinski definition) is 0. The van der Waals surface area contributed by atoms with Gasteiger partial charge < -0.3 is 47.4 Å². The molecule has 1 aliphatic carbocycles. The van der Waals surface area contributed by atoms with Crippen LogP contribution in [0.1, 0.15) is 41.5 Å². The molecule has 0 aromatic rings. The van der Waals surface area contributed by atoms with E-state index in [1.54, 1.807) is 56.1 Å². The van der Waals surface area contributed by atoms with Crippen molar-refractivity contribution in [2.75, 3.05) is 41.7 Å². The van der Waals surface area contributed by atoms with Crippen molar-refractivity contribution in [3.8, 4) is 0 Å². The highest BCUT2D eigenvalue weighted by atomic mass is 16.8. The second-order valence-corrected chi connectivity index (χ2v) is 8.77. The lowest BCUT2D eigenvalue weighted by atomic mass is 9.80. The third-order valence-electron chi connectivity index (χ3n) is 7.31. The zero-order chi connectivity index (χ0) is 23.9. The maximum absolute atomic E-state index is 6.52. The Labute approximate surface area is 191 Å². The molecule has 0 bridgehead atoms. The highest BCUT2D eigenvalue weighted by Crippen LogP contribution is 2.50. The summed E-state index contributed by atoms with van der Waals surface area (Å²) in [5.41, 5.74) is 0. The molecule has 188 valence electrons. The highest BCUT2D eigenvalue weighted by molar-refractivity contribution is 5.10. The average Bonchev–Trinajstić information content (AvgIpc) is 2.78. The van der Waals surface area contributed by atoms with E-state index in [0.717, 1.165) is 0 Å². The van der Waals surface area contributed by atoms with Crippen LogP contribution in [0.25, 0.3) is 0 Å². The Kier molecular flexibility index (Phi) is 7.64. The molecule has 1 saturated carbocycles. The van der Waals surface area contributed by atoms with E-state index in [9.17, 15) is 0 Å². The first-order valence-electron chi connectivity index (χ1n) is 11.2. The first-order chi connectivity index (χ1) is 15.0. The van der Waals surface area contributed by atoms with E-state index in [2.05, 4.69) is 0 Å². The van der Waals surface area contributed by atoms with Crippen LogP contribution in [-0.2, 0) is 47.4 Å². The van der Waals surface area contributed by atoms with Crippen molar-refractivity contribution in [1.29, 1.82) is 0 Å². The number of ether oxygens (including phenoxy) is 10. The molecule has 2 heterocycles. The molecule has 0 aromatic heterocycles. The molecule has 0 aromatic carbocycles. The third-order valence-corrected chi connectivity index (χ3v) is 7.31. The van der Waals surface area contributed by atoms with Gasteiger partial charge in [-0.2, -0.15) is 0 Å². The van der Waals surface area contributed by atoms with E-state index in [-0.39, 0.29) is 0 Å². The van der Waals surface area contributed by atoms with Crippen LogP contribution in [0.4, 0.5) is 0 Å². The zero-order valence-corrected chi connectivity index (χ0v) is 21.0.